The third kappa shape index (κ3) is 1.77. The summed E-state index contributed by atoms with van der Waals surface area (Å²) in [4.78, 5) is 4.32. The Morgan fingerprint density at radius 1 is 1.44 bits per heavy atom. The van der Waals surface area contributed by atoms with Gasteiger partial charge in [0.15, 0.2) is 0 Å². The van der Waals surface area contributed by atoms with Crippen molar-refractivity contribution in [1.82, 2.24) is 4.98 Å². The van der Waals surface area contributed by atoms with Gasteiger partial charge in [-0.2, -0.15) is 0 Å². The molecule has 0 aliphatic heterocycles. The molecule has 0 fully saturated rings. The Hall–Kier alpha value is -1.87. The molecule has 0 atom stereocenters. The SMILES string of the molecule is C=CC(=C)c1c(-c2ccccn2)csc1N. The molecule has 0 bridgehead atoms. The Labute approximate surface area is 98.8 Å². The van der Waals surface area contributed by atoms with Gasteiger partial charge in [0.05, 0.1) is 10.7 Å². The van der Waals surface area contributed by atoms with Gasteiger partial charge in [-0.3, -0.25) is 4.98 Å². The minimum absolute atomic E-state index is 0.755. The van der Waals surface area contributed by atoms with E-state index >= 15 is 0 Å². The summed E-state index contributed by atoms with van der Waals surface area (Å²) in [5.41, 5.74) is 9.65. The van der Waals surface area contributed by atoms with Crippen LogP contribution in [0.4, 0.5) is 5.00 Å². The fourth-order valence-electron chi connectivity index (χ4n) is 1.52. The summed E-state index contributed by atoms with van der Waals surface area (Å²) in [7, 11) is 0. The maximum atomic E-state index is 5.94. The normalized spacial score (nSPS) is 10.0. The van der Waals surface area contributed by atoms with Crippen molar-refractivity contribution in [3.05, 3.63) is 54.6 Å². The molecule has 0 aromatic carbocycles. The number of nitrogens with zero attached hydrogens (tertiary/aromatic N) is 1. The maximum absolute atomic E-state index is 5.94. The molecular formula is C13H12N2S. The summed E-state index contributed by atoms with van der Waals surface area (Å²) in [5, 5.41) is 2.76. The molecule has 0 saturated carbocycles. The Morgan fingerprint density at radius 2 is 2.25 bits per heavy atom. The van der Waals surface area contributed by atoms with Crippen molar-refractivity contribution in [2.45, 2.75) is 0 Å². The standard InChI is InChI=1S/C13H12N2S/c1-3-9(2)12-10(8-16-13(12)14)11-6-4-5-7-15-11/h3-8H,1-2,14H2. The van der Waals surface area contributed by atoms with Crippen LogP contribution >= 0.6 is 11.3 Å². The molecule has 2 rings (SSSR count). The summed E-state index contributed by atoms with van der Waals surface area (Å²) in [6.07, 6.45) is 3.48. The van der Waals surface area contributed by atoms with Gasteiger partial charge in [0, 0.05) is 22.7 Å². The van der Waals surface area contributed by atoms with Gasteiger partial charge in [0.1, 0.15) is 0 Å². The van der Waals surface area contributed by atoms with Crippen LogP contribution in [0.3, 0.4) is 0 Å². The Balaban J connectivity index is 2.59. The average molecular weight is 228 g/mol. The van der Waals surface area contributed by atoms with Gasteiger partial charge in [-0.05, 0) is 17.7 Å². The summed E-state index contributed by atoms with van der Waals surface area (Å²) in [6.45, 7) is 7.67. The van der Waals surface area contributed by atoms with Gasteiger partial charge >= 0.3 is 0 Å². The second-order valence-electron chi connectivity index (χ2n) is 3.33. The van der Waals surface area contributed by atoms with Crippen molar-refractivity contribution in [1.29, 1.82) is 0 Å². The van der Waals surface area contributed by atoms with Crippen molar-refractivity contribution in [3.8, 4) is 11.3 Å². The first kappa shape index (κ1) is 10.6. The zero-order valence-electron chi connectivity index (χ0n) is 8.81. The molecule has 2 aromatic rings. The number of thiophene rings is 1. The summed E-state index contributed by atoms with van der Waals surface area (Å²) in [5.74, 6) is 0. The lowest BCUT2D eigenvalue weighted by molar-refractivity contribution is 1.33. The van der Waals surface area contributed by atoms with E-state index in [2.05, 4.69) is 18.1 Å². The molecule has 0 aliphatic carbocycles. The molecule has 2 aromatic heterocycles. The van der Waals surface area contributed by atoms with Gasteiger partial charge < -0.3 is 5.73 Å². The predicted molar refractivity (Wildman–Crippen MR) is 71.2 cm³/mol. The second kappa shape index (κ2) is 4.33. The Bertz CT molecular complexity index is 526. The number of aromatic nitrogens is 1. The smallest absolute Gasteiger partial charge is 0.0943 e. The molecule has 2 N–H and O–H groups in total. The molecule has 80 valence electrons. The summed E-state index contributed by atoms with van der Waals surface area (Å²) in [6, 6.07) is 5.80. The Morgan fingerprint density at radius 3 is 2.88 bits per heavy atom. The molecule has 16 heavy (non-hydrogen) atoms. The van der Waals surface area contributed by atoms with Crippen molar-refractivity contribution < 1.29 is 0 Å². The largest absolute Gasteiger partial charge is 0.390 e. The van der Waals surface area contributed by atoms with Gasteiger partial charge in [-0.25, -0.2) is 0 Å². The molecule has 2 heterocycles. The van der Waals surface area contributed by atoms with Crippen LogP contribution in [0.1, 0.15) is 5.56 Å². The lowest BCUT2D eigenvalue weighted by Gasteiger charge is -2.04. The van der Waals surface area contributed by atoms with Gasteiger partial charge in [0.2, 0.25) is 0 Å². The molecule has 3 heteroatoms. The van der Waals surface area contributed by atoms with E-state index in [0.29, 0.717) is 0 Å². The number of allylic oxidation sites excluding steroid dienone is 2. The molecular weight excluding hydrogens is 216 g/mol. The summed E-state index contributed by atoms with van der Waals surface area (Å²) >= 11 is 1.50. The highest BCUT2D eigenvalue weighted by Gasteiger charge is 2.12. The zero-order valence-corrected chi connectivity index (χ0v) is 9.63. The average Bonchev–Trinajstić information content (AvgIpc) is 2.71. The van der Waals surface area contributed by atoms with Crippen LogP contribution < -0.4 is 5.73 Å². The second-order valence-corrected chi connectivity index (χ2v) is 4.24. The lowest BCUT2D eigenvalue weighted by atomic mass is 10.0. The van der Waals surface area contributed by atoms with E-state index in [1.807, 2.05) is 23.6 Å². The number of anilines is 1. The number of nitrogen functional groups attached to an aromatic ring is 1. The fourth-order valence-corrected chi connectivity index (χ4v) is 2.36. The highest BCUT2D eigenvalue weighted by Crippen LogP contribution is 2.36. The van der Waals surface area contributed by atoms with Crippen molar-refractivity contribution in [2.24, 2.45) is 0 Å². The first-order valence-corrected chi connectivity index (χ1v) is 5.72. The first-order chi connectivity index (χ1) is 7.74. The first-order valence-electron chi connectivity index (χ1n) is 4.84. The topological polar surface area (TPSA) is 38.9 Å². The van der Waals surface area contributed by atoms with Crippen LogP contribution in [0.15, 0.2) is 49.0 Å². The Kier molecular flexibility index (Phi) is 2.88. The van der Waals surface area contributed by atoms with E-state index in [1.54, 1.807) is 12.3 Å². The molecule has 2 nitrogen and oxygen atoms in total. The van der Waals surface area contributed by atoms with Crippen LogP contribution in [0, 0.1) is 0 Å². The third-order valence-electron chi connectivity index (χ3n) is 2.33. The maximum Gasteiger partial charge on any atom is 0.0943 e. The van der Waals surface area contributed by atoms with Crippen LogP contribution in [0.2, 0.25) is 0 Å². The van der Waals surface area contributed by atoms with Gasteiger partial charge in [-0.1, -0.05) is 25.3 Å². The predicted octanol–water partition coefficient (Wildman–Crippen LogP) is 3.59. The third-order valence-corrected chi connectivity index (χ3v) is 3.14. The minimum atomic E-state index is 0.755. The van der Waals surface area contributed by atoms with Gasteiger partial charge in [0.25, 0.3) is 0 Å². The van der Waals surface area contributed by atoms with Crippen molar-refractivity contribution in [3.63, 3.8) is 0 Å². The fraction of sp³-hybridized carbons (Fsp3) is 0. The van der Waals surface area contributed by atoms with Crippen LogP contribution in [0.5, 0.6) is 0 Å². The zero-order chi connectivity index (χ0) is 11.5. The number of hydrogen-bond acceptors (Lipinski definition) is 3. The molecule has 0 radical (unpaired) electrons. The number of hydrogen-bond donors (Lipinski definition) is 1. The number of rotatable bonds is 3. The highest BCUT2D eigenvalue weighted by atomic mass is 32.1. The van der Waals surface area contributed by atoms with E-state index in [0.717, 1.165) is 27.4 Å². The van der Waals surface area contributed by atoms with E-state index in [9.17, 15) is 0 Å². The van der Waals surface area contributed by atoms with Crippen LogP contribution in [-0.4, -0.2) is 4.98 Å². The highest BCUT2D eigenvalue weighted by molar-refractivity contribution is 7.14. The molecule has 0 saturated heterocycles. The van der Waals surface area contributed by atoms with Crippen molar-refractivity contribution >= 4 is 21.9 Å². The number of pyridine rings is 1. The molecule has 0 spiro atoms. The van der Waals surface area contributed by atoms with E-state index in [4.69, 9.17) is 5.73 Å². The lowest BCUT2D eigenvalue weighted by Crippen LogP contribution is -1.89. The van der Waals surface area contributed by atoms with Crippen molar-refractivity contribution in [2.75, 3.05) is 5.73 Å². The molecule has 0 amide bonds. The minimum Gasteiger partial charge on any atom is -0.390 e. The van der Waals surface area contributed by atoms with Crippen LogP contribution in [-0.2, 0) is 0 Å². The van der Waals surface area contributed by atoms with Gasteiger partial charge in [-0.15, -0.1) is 11.3 Å². The van der Waals surface area contributed by atoms with E-state index in [1.165, 1.54) is 11.3 Å². The quantitative estimate of drug-likeness (QED) is 0.815. The van der Waals surface area contributed by atoms with E-state index < -0.39 is 0 Å². The molecule has 0 unspecified atom stereocenters. The van der Waals surface area contributed by atoms with Crippen LogP contribution in [0.25, 0.3) is 16.8 Å². The van der Waals surface area contributed by atoms with E-state index in [-0.39, 0.29) is 0 Å². The summed E-state index contributed by atoms with van der Waals surface area (Å²) < 4.78 is 0. The monoisotopic (exact) mass is 228 g/mol. The number of nitrogens with two attached hydrogens (primary N) is 1. The molecule has 0 aliphatic rings.